The Labute approximate surface area is 144 Å². The van der Waals surface area contributed by atoms with E-state index in [0.29, 0.717) is 36.2 Å². The zero-order valence-corrected chi connectivity index (χ0v) is 14.8. The molecule has 0 radical (unpaired) electrons. The van der Waals surface area contributed by atoms with Gasteiger partial charge in [0.1, 0.15) is 0 Å². The van der Waals surface area contributed by atoms with E-state index in [9.17, 15) is 20.1 Å². The maximum Gasteiger partial charge on any atom is 0.312 e. The van der Waals surface area contributed by atoms with Crippen molar-refractivity contribution in [2.45, 2.75) is 64.7 Å². The van der Waals surface area contributed by atoms with Crippen LogP contribution in [-0.4, -0.2) is 34.5 Å². The van der Waals surface area contributed by atoms with E-state index in [1.807, 2.05) is 0 Å². The summed E-state index contributed by atoms with van der Waals surface area (Å²) in [6.45, 7) is 2.43. The second-order valence-electron chi connectivity index (χ2n) is 9.67. The highest BCUT2D eigenvalue weighted by atomic mass is 16.4. The van der Waals surface area contributed by atoms with E-state index in [1.54, 1.807) is 0 Å². The average Bonchev–Trinajstić information content (AvgIpc) is 2.83. The Morgan fingerprint density at radius 2 is 1.83 bits per heavy atom. The number of carbonyl (C=O) groups is 1. The second-order valence-corrected chi connectivity index (χ2v) is 9.67. The minimum atomic E-state index is -0.930. The van der Waals surface area contributed by atoms with Gasteiger partial charge in [-0.3, -0.25) is 4.79 Å². The monoisotopic (exact) mass is 336 g/mol. The van der Waals surface area contributed by atoms with Gasteiger partial charge in [-0.1, -0.05) is 13.3 Å². The summed E-state index contributed by atoms with van der Waals surface area (Å²) in [7, 11) is 0. The molecule has 2 unspecified atom stereocenters. The molecule has 4 aliphatic carbocycles. The van der Waals surface area contributed by atoms with E-state index < -0.39 is 11.4 Å². The summed E-state index contributed by atoms with van der Waals surface area (Å²) in [6.07, 6.45) is 9.44. The number of aliphatic hydroxyl groups excluding tert-OH is 2. The van der Waals surface area contributed by atoms with Crippen LogP contribution in [0.2, 0.25) is 0 Å². The molecule has 0 aliphatic heterocycles. The number of aliphatic hydroxyl groups is 2. The molecule has 3 N–H and O–H groups in total. The first-order chi connectivity index (χ1) is 11.4. The van der Waals surface area contributed by atoms with E-state index >= 15 is 0 Å². The first-order valence-corrected chi connectivity index (χ1v) is 9.87. The zero-order valence-electron chi connectivity index (χ0n) is 14.8. The van der Waals surface area contributed by atoms with Crippen molar-refractivity contribution < 1.29 is 20.1 Å². The van der Waals surface area contributed by atoms with Crippen molar-refractivity contribution in [1.82, 2.24) is 0 Å². The fraction of sp³-hybridized carbons (Fsp3) is 0.950. The molecule has 4 aliphatic rings. The molecule has 4 saturated carbocycles. The Balaban J connectivity index is 1.72. The lowest BCUT2D eigenvalue weighted by Gasteiger charge is -2.63. The molecular formula is C20H32O4. The highest BCUT2D eigenvalue weighted by Crippen LogP contribution is 2.72. The minimum Gasteiger partial charge on any atom is -0.481 e. The lowest BCUT2D eigenvalue weighted by atomic mass is 9.41. The van der Waals surface area contributed by atoms with E-state index in [1.165, 1.54) is 19.3 Å². The van der Waals surface area contributed by atoms with Gasteiger partial charge in [0.2, 0.25) is 0 Å². The molecule has 4 nitrogen and oxygen atoms in total. The molecule has 1 spiro atoms. The summed E-state index contributed by atoms with van der Waals surface area (Å²) < 4.78 is 0. The van der Waals surface area contributed by atoms with Crippen LogP contribution in [-0.2, 0) is 4.79 Å². The largest absolute Gasteiger partial charge is 0.481 e. The summed E-state index contributed by atoms with van der Waals surface area (Å²) >= 11 is 0. The molecule has 0 saturated heterocycles. The molecule has 7 atom stereocenters. The fourth-order valence-electron chi connectivity index (χ4n) is 8.12. The van der Waals surface area contributed by atoms with E-state index in [0.717, 1.165) is 32.1 Å². The van der Waals surface area contributed by atoms with E-state index in [2.05, 4.69) is 6.92 Å². The predicted molar refractivity (Wildman–Crippen MR) is 90.3 cm³/mol. The number of fused-ring (bicyclic) bond motifs is 3. The average molecular weight is 336 g/mol. The van der Waals surface area contributed by atoms with Gasteiger partial charge in [-0.05, 0) is 85.9 Å². The standard InChI is InChI=1S/C20H32O4/c1-18-6-2-7-20(12-22,17(23)24)16(18)5-8-19-9-13(3-4-15(18)19)14(10-19)11-21/h13-16,21-22H,2-12H2,1H3,(H,23,24)/t13-,14+,15?,16?,18+,19+,20+/m1/s1. The maximum absolute atomic E-state index is 12.1. The predicted octanol–water partition coefficient (Wildman–Crippen LogP) is 3.06. The Kier molecular flexibility index (Phi) is 3.82. The van der Waals surface area contributed by atoms with Gasteiger partial charge in [0.15, 0.2) is 0 Å². The SMILES string of the molecule is C[C@@]12CCC[C@@](CO)(C(=O)O)C1CC[C@]13C[C@@H](CO)[C@H](CCC12)C3. The topological polar surface area (TPSA) is 77.8 Å². The van der Waals surface area contributed by atoms with Crippen LogP contribution in [0.25, 0.3) is 0 Å². The molecule has 4 rings (SSSR count). The number of aliphatic carboxylic acids is 1. The van der Waals surface area contributed by atoms with Gasteiger partial charge < -0.3 is 15.3 Å². The third kappa shape index (κ3) is 1.96. The van der Waals surface area contributed by atoms with Crippen LogP contribution in [0.1, 0.15) is 64.7 Å². The first-order valence-electron chi connectivity index (χ1n) is 9.87. The van der Waals surface area contributed by atoms with Gasteiger partial charge in [0, 0.05) is 6.61 Å². The van der Waals surface area contributed by atoms with Crippen molar-refractivity contribution in [2.24, 2.45) is 39.9 Å². The summed E-state index contributed by atoms with van der Waals surface area (Å²) in [5, 5.41) is 29.8. The lowest BCUT2D eigenvalue weighted by Crippen LogP contribution is -2.60. The van der Waals surface area contributed by atoms with Crippen LogP contribution in [0, 0.1) is 39.9 Å². The number of hydrogen-bond acceptors (Lipinski definition) is 3. The Bertz CT molecular complexity index is 534. The third-order valence-corrected chi connectivity index (χ3v) is 9.04. The van der Waals surface area contributed by atoms with Crippen LogP contribution in [0.15, 0.2) is 0 Å². The maximum atomic E-state index is 12.1. The number of carboxylic acid groups (broad SMARTS) is 1. The van der Waals surface area contributed by atoms with Crippen LogP contribution in [0.4, 0.5) is 0 Å². The van der Waals surface area contributed by atoms with E-state index in [-0.39, 0.29) is 17.9 Å². The summed E-state index contributed by atoms with van der Waals surface area (Å²) in [5.41, 5.74) is -0.564. The summed E-state index contributed by atoms with van der Waals surface area (Å²) in [5.74, 6) is 1.02. The van der Waals surface area contributed by atoms with Crippen molar-refractivity contribution in [3.8, 4) is 0 Å². The van der Waals surface area contributed by atoms with Crippen LogP contribution in [0.3, 0.4) is 0 Å². The molecule has 2 bridgehead atoms. The number of hydrogen-bond donors (Lipinski definition) is 3. The van der Waals surface area contributed by atoms with Crippen LogP contribution >= 0.6 is 0 Å². The van der Waals surface area contributed by atoms with Crippen molar-refractivity contribution in [3.05, 3.63) is 0 Å². The molecule has 0 aromatic rings. The number of carboxylic acids is 1. The van der Waals surface area contributed by atoms with Crippen LogP contribution < -0.4 is 0 Å². The zero-order chi connectivity index (χ0) is 17.2. The third-order valence-electron chi connectivity index (χ3n) is 9.04. The van der Waals surface area contributed by atoms with Crippen molar-refractivity contribution in [1.29, 1.82) is 0 Å². The molecule has 24 heavy (non-hydrogen) atoms. The van der Waals surface area contributed by atoms with Gasteiger partial charge in [0.25, 0.3) is 0 Å². The molecule has 136 valence electrons. The summed E-state index contributed by atoms with van der Waals surface area (Å²) in [6, 6.07) is 0. The number of rotatable bonds is 3. The molecule has 0 heterocycles. The highest BCUT2D eigenvalue weighted by molar-refractivity contribution is 5.75. The fourth-order valence-corrected chi connectivity index (χ4v) is 8.12. The van der Waals surface area contributed by atoms with Crippen LogP contribution in [0.5, 0.6) is 0 Å². The van der Waals surface area contributed by atoms with E-state index in [4.69, 9.17) is 0 Å². The minimum absolute atomic E-state index is 0.0347. The van der Waals surface area contributed by atoms with Gasteiger partial charge in [-0.15, -0.1) is 0 Å². The normalized spacial score (nSPS) is 53.3. The van der Waals surface area contributed by atoms with Crippen molar-refractivity contribution in [2.75, 3.05) is 13.2 Å². The molecule has 0 amide bonds. The Hall–Kier alpha value is -0.610. The Morgan fingerprint density at radius 3 is 2.50 bits per heavy atom. The van der Waals surface area contributed by atoms with Crippen molar-refractivity contribution >= 4 is 5.97 Å². The molecule has 4 fully saturated rings. The molecule has 4 heteroatoms. The molecule has 0 aromatic carbocycles. The summed E-state index contributed by atoms with van der Waals surface area (Å²) in [4.78, 5) is 12.1. The quantitative estimate of drug-likeness (QED) is 0.740. The Morgan fingerprint density at radius 1 is 1.04 bits per heavy atom. The highest BCUT2D eigenvalue weighted by Gasteiger charge is 2.66. The van der Waals surface area contributed by atoms with Gasteiger partial charge in [-0.25, -0.2) is 0 Å². The smallest absolute Gasteiger partial charge is 0.312 e. The van der Waals surface area contributed by atoms with Gasteiger partial charge >= 0.3 is 5.97 Å². The lowest BCUT2D eigenvalue weighted by molar-refractivity contribution is -0.191. The van der Waals surface area contributed by atoms with Gasteiger partial charge in [-0.2, -0.15) is 0 Å². The molecular weight excluding hydrogens is 304 g/mol. The van der Waals surface area contributed by atoms with Crippen molar-refractivity contribution in [3.63, 3.8) is 0 Å². The first kappa shape index (κ1) is 16.8. The van der Waals surface area contributed by atoms with Gasteiger partial charge in [0.05, 0.1) is 12.0 Å². The second kappa shape index (κ2) is 5.44. The molecule has 0 aromatic heterocycles.